The zero-order valence-corrected chi connectivity index (χ0v) is 16.3. The smallest absolute Gasteiger partial charge is 0.229 e. The molecule has 0 spiro atoms. The van der Waals surface area contributed by atoms with Crippen LogP contribution in [0.4, 0.5) is 5.69 Å². The molecule has 1 saturated carbocycles. The van der Waals surface area contributed by atoms with Crippen molar-refractivity contribution in [2.45, 2.75) is 25.2 Å². The average molecular weight is 389 g/mol. The van der Waals surface area contributed by atoms with Crippen molar-refractivity contribution in [2.24, 2.45) is 5.92 Å². The number of para-hydroxylation sites is 1. The molecular formula is C20H21ClN2O2S. The molecule has 0 amide bonds. The Morgan fingerprint density at radius 3 is 2.46 bits per heavy atom. The number of sulfonamides is 1. The van der Waals surface area contributed by atoms with E-state index in [1.54, 1.807) is 6.07 Å². The summed E-state index contributed by atoms with van der Waals surface area (Å²) in [4.78, 5) is 3.30. The minimum absolute atomic E-state index is 0.146. The molecule has 1 aliphatic rings. The van der Waals surface area contributed by atoms with Crippen molar-refractivity contribution in [3.8, 4) is 0 Å². The van der Waals surface area contributed by atoms with Crippen molar-refractivity contribution in [3.05, 3.63) is 64.8 Å². The molecule has 1 aromatic heterocycles. The summed E-state index contributed by atoms with van der Waals surface area (Å²) in [5, 5.41) is 1.77. The lowest BCUT2D eigenvalue weighted by Gasteiger charge is -2.31. The Kier molecular flexibility index (Phi) is 4.04. The molecule has 0 radical (unpaired) electrons. The fourth-order valence-corrected chi connectivity index (χ4v) is 4.63. The summed E-state index contributed by atoms with van der Waals surface area (Å²) in [7, 11) is -3.34. The summed E-state index contributed by atoms with van der Waals surface area (Å²) in [5.41, 5.74) is 3.66. The number of hydrogen-bond donors (Lipinski definition) is 2. The molecule has 1 fully saturated rings. The SMILES string of the molecule is CC(c1ccc(Cl)cc1)(c1c[nH]c2c(NS(C)(=O)=O)cccc12)C1CC1. The van der Waals surface area contributed by atoms with Crippen molar-refractivity contribution in [1.29, 1.82) is 0 Å². The standard InChI is InChI=1S/C20H21ClN2O2S/c1-20(13-6-7-13,14-8-10-15(21)11-9-14)17-12-22-19-16(17)4-3-5-18(19)23-26(2,24)25/h3-5,8-13,22-23H,6-7H2,1-2H3. The van der Waals surface area contributed by atoms with E-state index >= 15 is 0 Å². The molecular weight excluding hydrogens is 368 g/mol. The fraction of sp³-hybridized carbons (Fsp3) is 0.300. The second kappa shape index (κ2) is 6.03. The van der Waals surface area contributed by atoms with Crippen LogP contribution in [-0.4, -0.2) is 19.7 Å². The van der Waals surface area contributed by atoms with Crippen LogP contribution >= 0.6 is 11.6 Å². The quantitative estimate of drug-likeness (QED) is 0.652. The lowest BCUT2D eigenvalue weighted by molar-refractivity contribution is 0.499. The molecule has 2 aromatic carbocycles. The predicted molar refractivity (Wildman–Crippen MR) is 107 cm³/mol. The Bertz CT molecular complexity index is 1070. The molecule has 0 aliphatic heterocycles. The highest BCUT2D eigenvalue weighted by molar-refractivity contribution is 7.92. The number of H-pyrrole nitrogens is 1. The summed E-state index contributed by atoms with van der Waals surface area (Å²) < 4.78 is 26.0. The van der Waals surface area contributed by atoms with Gasteiger partial charge < -0.3 is 4.98 Å². The summed E-state index contributed by atoms with van der Waals surface area (Å²) >= 11 is 6.09. The van der Waals surface area contributed by atoms with E-state index in [1.807, 2.05) is 30.5 Å². The Morgan fingerprint density at radius 2 is 1.85 bits per heavy atom. The summed E-state index contributed by atoms with van der Waals surface area (Å²) in [5.74, 6) is 0.564. The molecule has 26 heavy (non-hydrogen) atoms. The van der Waals surface area contributed by atoms with Crippen LogP contribution in [0.2, 0.25) is 5.02 Å². The van der Waals surface area contributed by atoms with Gasteiger partial charge in [-0.2, -0.15) is 0 Å². The lowest BCUT2D eigenvalue weighted by Crippen LogP contribution is -2.26. The van der Waals surface area contributed by atoms with Crippen LogP contribution in [-0.2, 0) is 15.4 Å². The molecule has 1 atom stereocenters. The van der Waals surface area contributed by atoms with Crippen LogP contribution in [0.5, 0.6) is 0 Å². The molecule has 6 heteroatoms. The molecule has 2 N–H and O–H groups in total. The van der Waals surface area contributed by atoms with Gasteiger partial charge in [-0.3, -0.25) is 4.72 Å². The van der Waals surface area contributed by atoms with Crippen molar-refractivity contribution in [1.82, 2.24) is 4.98 Å². The topological polar surface area (TPSA) is 62.0 Å². The first-order valence-corrected chi connectivity index (χ1v) is 10.9. The molecule has 0 saturated heterocycles. The van der Waals surface area contributed by atoms with Crippen molar-refractivity contribution < 1.29 is 8.42 Å². The zero-order valence-electron chi connectivity index (χ0n) is 14.7. The number of hydrogen-bond acceptors (Lipinski definition) is 2. The highest BCUT2D eigenvalue weighted by Gasteiger charge is 2.45. The molecule has 4 nitrogen and oxygen atoms in total. The van der Waals surface area contributed by atoms with Gasteiger partial charge in [0.1, 0.15) is 0 Å². The third-order valence-electron chi connectivity index (χ3n) is 5.41. The van der Waals surface area contributed by atoms with Crippen LogP contribution in [0.15, 0.2) is 48.7 Å². The highest BCUT2D eigenvalue weighted by atomic mass is 35.5. The first-order chi connectivity index (χ1) is 12.3. The minimum atomic E-state index is -3.34. The third kappa shape index (κ3) is 2.99. The number of aromatic nitrogens is 1. The second-order valence-electron chi connectivity index (χ2n) is 7.29. The van der Waals surface area contributed by atoms with Gasteiger partial charge in [0, 0.05) is 22.0 Å². The minimum Gasteiger partial charge on any atom is -0.359 e. The van der Waals surface area contributed by atoms with Gasteiger partial charge in [-0.1, -0.05) is 42.8 Å². The van der Waals surface area contributed by atoms with Crippen molar-refractivity contribution in [3.63, 3.8) is 0 Å². The highest BCUT2D eigenvalue weighted by Crippen LogP contribution is 2.53. The third-order valence-corrected chi connectivity index (χ3v) is 6.25. The van der Waals surface area contributed by atoms with E-state index in [-0.39, 0.29) is 5.41 Å². The van der Waals surface area contributed by atoms with Gasteiger partial charge in [0.05, 0.1) is 17.5 Å². The van der Waals surface area contributed by atoms with E-state index in [0.717, 1.165) is 22.2 Å². The largest absolute Gasteiger partial charge is 0.359 e. The molecule has 1 aliphatic carbocycles. The Balaban J connectivity index is 1.89. The van der Waals surface area contributed by atoms with Gasteiger partial charge in [-0.25, -0.2) is 8.42 Å². The summed E-state index contributed by atoms with van der Waals surface area (Å²) in [6.07, 6.45) is 5.56. The Morgan fingerprint density at radius 1 is 1.15 bits per heavy atom. The first-order valence-electron chi connectivity index (χ1n) is 8.63. The molecule has 1 unspecified atom stereocenters. The van der Waals surface area contributed by atoms with E-state index in [9.17, 15) is 8.42 Å². The van der Waals surface area contributed by atoms with Crippen LogP contribution in [0.3, 0.4) is 0 Å². The maximum Gasteiger partial charge on any atom is 0.229 e. The van der Waals surface area contributed by atoms with Gasteiger partial charge in [-0.05, 0) is 48.1 Å². The van der Waals surface area contributed by atoms with Gasteiger partial charge in [0.2, 0.25) is 10.0 Å². The number of anilines is 1. The summed E-state index contributed by atoms with van der Waals surface area (Å²) in [6, 6.07) is 13.8. The van der Waals surface area contributed by atoms with Gasteiger partial charge in [-0.15, -0.1) is 0 Å². The van der Waals surface area contributed by atoms with Crippen LogP contribution < -0.4 is 4.72 Å². The van der Waals surface area contributed by atoms with Crippen LogP contribution in [0.1, 0.15) is 30.9 Å². The number of rotatable bonds is 5. The fourth-order valence-electron chi connectivity index (χ4n) is 3.94. The van der Waals surface area contributed by atoms with E-state index in [2.05, 4.69) is 28.8 Å². The van der Waals surface area contributed by atoms with E-state index in [0.29, 0.717) is 11.6 Å². The van der Waals surface area contributed by atoms with E-state index in [1.165, 1.54) is 24.0 Å². The molecule has 1 heterocycles. The van der Waals surface area contributed by atoms with Gasteiger partial charge in [0.25, 0.3) is 0 Å². The summed E-state index contributed by atoms with van der Waals surface area (Å²) in [6.45, 7) is 2.27. The number of fused-ring (bicyclic) bond motifs is 1. The van der Waals surface area contributed by atoms with Gasteiger partial charge >= 0.3 is 0 Å². The molecule has 136 valence electrons. The maximum atomic E-state index is 11.7. The Hall–Kier alpha value is -1.98. The number of halogens is 1. The van der Waals surface area contributed by atoms with E-state index in [4.69, 9.17) is 11.6 Å². The molecule has 0 bridgehead atoms. The van der Waals surface area contributed by atoms with Crippen molar-refractivity contribution in [2.75, 3.05) is 11.0 Å². The normalized spacial score (nSPS) is 17.2. The van der Waals surface area contributed by atoms with E-state index < -0.39 is 10.0 Å². The Labute approximate surface area is 158 Å². The van der Waals surface area contributed by atoms with Crippen LogP contribution in [0.25, 0.3) is 10.9 Å². The molecule has 4 rings (SSSR count). The second-order valence-corrected chi connectivity index (χ2v) is 9.47. The molecule has 3 aromatic rings. The maximum absolute atomic E-state index is 11.7. The monoisotopic (exact) mass is 388 g/mol. The number of nitrogens with one attached hydrogen (secondary N) is 2. The number of benzene rings is 2. The van der Waals surface area contributed by atoms with Gasteiger partial charge in [0.15, 0.2) is 0 Å². The lowest BCUT2D eigenvalue weighted by atomic mass is 9.72. The average Bonchev–Trinajstić information content (AvgIpc) is 3.33. The first kappa shape index (κ1) is 17.4. The zero-order chi connectivity index (χ0) is 18.5. The predicted octanol–water partition coefficient (Wildman–Crippen LogP) is 4.91. The van der Waals surface area contributed by atoms with Crippen LogP contribution in [0, 0.1) is 5.92 Å². The number of aromatic amines is 1. The van der Waals surface area contributed by atoms with Crippen molar-refractivity contribution >= 4 is 38.2 Å².